The van der Waals surface area contributed by atoms with E-state index in [2.05, 4.69) is 6.07 Å². The zero-order valence-corrected chi connectivity index (χ0v) is 7.37. The molecule has 0 bridgehead atoms. The lowest BCUT2D eigenvalue weighted by Crippen LogP contribution is -1.82. The largest absolute Gasteiger partial charge is 0.508 e. The summed E-state index contributed by atoms with van der Waals surface area (Å²) < 4.78 is 13.3. The Morgan fingerprint density at radius 1 is 1.14 bits per heavy atom. The normalized spacial score (nSPS) is 10.1. The molecule has 0 aromatic heterocycles. The second-order valence-corrected chi connectivity index (χ2v) is 2.94. The van der Waals surface area contributed by atoms with Gasteiger partial charge in [0, 0.05) is 5.56 Å². The molecule has 1 nitrogen and oxygen atoms in total. The van der Waals surface area contributed by atoms with Crippen LogP contribution in [0.4, 0.5) is 4.39 Å². The molecule has 0 saturated heterocycles. The van der Waals surface area contributed by atoms with Crippen molar-refractivity contribution in [1.82, 2.24) is 0 Å². The number of rotatable bonds is 1. The van der Waals surface area contributed by atoms with Crippen LogP contribution in [0.25, 0.3) is 11.1 Å². The first-order chi connectivity index (χ1) is 6.77. The van der Waals surface area contributed by atoms with Gasteiger partial charge < -0.3 is 5.11 Å². The Hall–Kier alpha value is -1.83. The molecular formula is C12H8FO. The van der Waals surface area contributed by atoms with E-state index in [-0.39, 0.29) is 11.6 Å². The first-order valence-electron chi connectivity index (χ1n) is 4.23. The summed E-state index contributed by atoms with van der Waals surface area (Å²) in [5.41, 5.74) is 1.01. The third kappa shape index (κ3) is 1.59. The van der Waals surface area contributed by atoms with E-state index in [4.69, 9.17) is 0 Å². The summed E-state index contributed by atoms with van der Waals surface area (Å²) in [5.74, 6) is -0.211. The van der Waals surface area contributed by atoms with E-state index in [1.807, 2.05) is 0 Å². The maximum absolute atomic E-state index is 13.3. The molecule has 0 saturated carbocycles. The summed E-state index contributed by atoms with van der Waals surface area (Å²) >= 11 is 0. The minimum absolute atomic E-state index is 0.124. The Labute approximate surface area is 81.4 Å². The van der Waals surface area contributed by atoms with Crippen LogP contribution in [-0.4, -0.2) is 5.11 Å². The predicted octanol–water partition coefficient (Wildman–Crippen LogP) is 3.00. The lowest BCUT2D eigenvalue weighted by Gasteiger charge is -2.02. The molecule has 69 valence electrons. The lowest BCUT2D eigenvalue weighted by molar-refractivity contribution is 0.475. The fraction of sp³-hybridized carbons (Fsp3) is 0. The van der Waals surface area contributed by atoms with Crippen LogP contribution in [0.1, 0.15) is 0 Å². The summed E-state index contributed by atoms with van der Waals surface area (Å²) in [7, 11) is 0. The van der Waals surface area contributed by atoms with E-state index in [0.29, 0.717) is 11.1 Å². The molecule has 2 rings (SSSR count). The van der Waals surface area contributed by atoms with E-state index in [0.717, 1.165) is 0 Å². The molecule has 0 unspecified atom stereocenters. The van der Waals surface area contributed by atoms with Gasteiger partial charge in [0.1, 0.15) is 11.6 Å². The highest BCUT2D eigenvalue weighted by Crippen LogP contribution is 2.24. The Balaban J connectivity index is 2.55. The van der Waals surface area contributed by atoms with Crippen LogP contribution in [-0.2, 0) is 0 Å². The smallest absolute Gasteiger partial charge is 0.131 e. The van der Waals surface area contributed by atoms with Crippen LogP contribution in [0, 0.1) is 11.9 Å². The van der Waals surface area contributed by atoms with Crippen molar-refractivity contribution in [2.45, 2.75) is 0 Å². The summed E-state index contributed by atoms with van der Waals surface area (Å²) in [5, 5.41) is 9.23. The Bertz CT molecular complexity index is 452. The molecule has 0 amide bonds. The van der Waals surface area contributed by atoms with Crippen LogP contribution in [0.2, 0.25) is 0 Å². The molecule has 1 radical (unpaired) electrons. The number of phenolic OH excluding ortho intramolecular Hbond substituents is 1. The van der Waals surface area contributed by atoms with Gasteiger partial charge in [-0.25, -0.2) is 4.39 Å². The molecule has 2 heteroatoms. The molecule has 0 fully saturated rings. The van der Waals surface area contributed by atoms with Gasteiger partial charge in [-0.1, -0.05) is 24.3 Å². The highest BCUT2D eigenvalue weighted by molar-refractivity contribution is 5.64. The van der Waals surface area contributed by atoms with E-state index >= 15 is 0 Å². The minimum Gasteiger partial charge on any atom is -0.508 e. The number of halogens is 1. The maximum atomic E-state index is 13.3. The maximum Gasteiger partial charge on any atom is 0.131 e. The van der Waals surface area contributed by atoms with Crippen molar-refractivity contribution >= 4 is 0 Å². The topological polar surface area (TPSA) is 20.2 Å². The van der Waals surface area contributed by atoms with E-state index < -0.39 is 0 Å². The fourth-order valence-electron chi connectivity index (χ4n) is 1.30. The monoisotopic (exact) mass is 187 g/mol. The van der Waals surface area contributed by atoms with Gasteiger partial charge in [0.2, 0.25) is 0 Å². The molecule has 0 atom stereocenters. The molecule has 14 heavy (non-hydrogen) atoms. The molecule has 2 aromatic rings. The average molecular weight is 187 g/mol. The van der Waals surface area contributed by atoms with Crippen molar-refractivity contribution < 1.29 is 9.50 Å². The Kier molecular flexibility index (Phi) is 2.19. The van der Waals surface area contributed by atoms with E-state index in [9.17, 15) is 9.50 Å². The quantitative estimate of drug-likeness (QED) is 0.727. The van der Waals surface area contributed by atoms with Crippen molar-refractivity contribution in [3.05, 3.63) is 54.3 Å². The molecule has 0 aliphatic heterocycles. The molecular weight excluding hydrogens is 179 g/mol. The summed E-state index contributed by atoms with van der Waals surface area (Å²) in [6.45, 7) is 0. The Morgan fingerprint density at radius 3 is 2.71 bits per heavy atom. The third-order valence-electron chi connectivity index (χ3n) is 1.94. The number of aromatic hydroxyl groups is 1. The van der Waals surface area contributed by atoms with Crippen LogP contribution in [0.15, 0.2) is 42.5 Å². The summed E-state index contributed by atoms with van der Waals surface area (Å²) in [6.07, 6.45) is 0. The van der Waals surface area contributed by atoms with Crippen LogP contribution < -0.4 is 0 Å². The summed E-state index contributed by atoms with van der Waals surface area (Å²) in [4.78, 5) is 0. The second-order valence-electron chi connectivity index (χ2n) is 2.94. The first kappa shape index (κ1) is 8.75. The van der Waals surface area contributed by atoms with Crippen molar-refractivity contribution in [3.8, 4) is 16.9 Å². The van der Waals surface area contributed by atoms with Gasteiger partial charge in [-0.3, -0.25) is 0 Å². The van der Waals surface area contributed by atoms with Crippen LogP contribution >= 0.6 is 0 Å². The van der Waals surface area contributed by atoms with E-state index in [1.54, 1.807) is 30.3 Å². The minimum atomic E-state index is -0.335. The zero-order chi connectivity index (χ0) is 9.97. The van der Waals surface area contributed by atoms with Gasteiger partial charge in [-0.15, -0.1) is 0 Å². The standard InChI is InChI=1S/C12H8FO/c13-12-7-2-1-6-11(12)9-4-3-5-10(14)8-9/h1-5,7-8,14H. The summed E-state index contributed by atoms with van der Waals surface area (Å²) in [6, 6.07) is 13.8. The molecule has 0 aliphatic rings. The van der Waals surface area contributed by atoms with Gasteiger partial charge in [0.15, 0.2) is 0 Å². The molecule has 0 heterocycles. The number of hydrogen-bond acceptors (Lipinski definition) is 1. The van der Waals surface area contributed by atoms with Gasteiger partial charge in [-0.2, -0.15) is 0 Å². The van der Waals surface area contributed by atoms with Gasteiger partial charge in [-0.05, 0) is 29.8 Å². The van der Waals surface area contributed by atoms with Crippen molar-refractivity contribution in [1.29, 1.82) is 0 Å². The Morgan fingerprint density at radius 2 is 2.00 bits per heavy atom. The SMILES string of the molecule is Oc1cccc(-c2[c]cccc2F)c1. The van der Waals surface area contributed by atoms with Crippen molar-refractivity contribution in [2.24, 2.45) is 0 Å². The predicted molar refractivity (Wildman–Crippen MR) is 52.3 cm³/mol. The van der Waals surface area contributed by atoms with Gasteiger partial charge >= 0.3 is 0 Å². The number of phenols is 1. The van der Waals surface area contributed by atoms with Crippen molar-refractivity contribution in [3.63, 3.8) is 0 Å². The number of benzene rings is 2. The molecule has 2 aromatic carbocycles. The van der Waals surface area contributed by atoms with Gasteiger partial charge in [0.05, 0.1) is 0 Å². The molecule has 0 spiro atoms. The first-order valence-corrected chi connectivity index (χ1v) is 4.23. The highest BCUT2D eigenvalue weighted by atomic mass is 19.1. The average Bonchev–Trinajstić information content (AvgIpc) is 2.18. The van der Waals surface area contributed by atoms with Crippen LogP contribution in [0.3, 0.4) is 0 Å². The third-order valence-corrected chi connectivity index (χ3v) is 1.94. The van der Waals surface area contributed by atoms with Crippen LogP contribution in [0.5, 0.6) is 5.75 Å². The van der Waals surface area contributed by atoms with E-state index in [1.165, 1.54) is 12.1 Å². The fourth-order valence-corrected chi connectivity index (χ4v) is 1.30. The zero-order valence-electron chi connectivity index (χ0n) is 7.37. The highest BCUT2D eigenvalue weighted by Gasteiger charge is 2.03. The molecule has 0 aliphatic carbocycles. The second kappa shape index (κ2) is 3.50. The van der Waals surface area contributed by atoms with Gasteiger partial charge in [0.25, 0.3) is 0 Å². The lowest BCUT2D eigenvalue weighted by atomic mass is 10.1. The van der Waals surface area contributed by atoms with Crippen molar-refractivity contribution in [2.75, 3.05) is 0 Å². The number of hydrogen-bond donors (Lipinski definition) is 1. The molecule has 1 N–H and O–H groups in total.